The summed E-state index contributed by atoms with van der Waals surface area (Å²) >= 11 is 0. The predicted octanol–water partition coefficient (Wildman–Crippen LogP) is 3.67. The Morgan fingerprint density at radius 3 is 2.44 bits per heavy atom. The van der Waals surface area contributed by atoms with Gasteiger partial charge in [0.25, 0.3) is 0 Å². The summed E-state index contributed by atoms with van der Waals surface area (Å²) in [5, 5.41) is 11.6. The first-order valence-electron chi connectivity index (χ1n) is 6.35. The van der Waals surface area contributed by atoms with Crippen LogP contribution in [0.4, 0.5) is 0 Å². The number of hydroxylamine groups is 2. The molecule has 2 aromatic rings. The molecule has 0 spiro atoms. The topological polar surface area (TPSA) is 39.3 Å². The lowest BCUT2D eigenvalue weighted by Crippen LogP contribution is -2.24. The first kappa shape index (κ1) is 12.9. The minimum absolute atomic E-state index is 0.0129. The van der Waals surface area contributed by atoms with Gasteiger partial charge in [-0.1, -0.05) is 37.3 Å². The van der Waals surface area contributed by atoms with E-state index in [2.05, 4.69) is 11.9 Å². The van der Waals surface area contributed by atoms with E-state index in [0.29, 0.717) is 6.54 Å². The van der Waals surface area contributed by atoms with Crippen molar-refractivity contribution in [3.8, 4) is 0 Å². The molecule has 1 atom stereocenters. The van der Waals surface area contributed by atoms with Gasteiger partial charge < -0.3 is 10.2 Å². The molecule has 1 unspecified atom stereocenters. The molecule has 0 radical (unpaired) electrons. The van der Waals surface area contributed by atoms with Crippen molar-refractivity contribution in [3.05, 3.63) is 59.4 Å². The number of hydrogen-bond donors (Lipinski definition) is 2. The van der Waals surface area contributed by atoms with Crippen LogP contribution in [-0.4, -0.2) is 15.3 Å². The van der Waals surface area contributed by atoms with Crippen LogP contribution in [-0.2, 0) is 6.54 Å². The van der Waals surface area contributed by atoms with Gasteiger partial charge in [0.15, 0.2) is 0 Å². The Morgan fingerprint density at radius 2 is 1.89 bits per heavy atom. The number of nitrogens with one attached hydrogen (secondary N) is 1. The first-order valence-corrected chi connectivity index (χ1v) is 6.35. The van der Waals surface area contributed by atoms with Gasteiger partial charge in [0.2, 0.25) is 0 Å². The Hall–Kier alpha value is -1.58. The van der Waals surface area contributed by atoms with Gasteiger partial charge >= 0.3 is 0 Å². The lowest BCUT2D eigenvalue weighted by molar-refractivity contribution is -0.139. The van der Waals surface area contributed by atoms with Gasteiger partial charge in [0, 0.05) is 17.9 Å². The maximum Gasteiger partial charge on any atom is 0.0750 e. The summed E-state index contributed by atoms with van der Waals surface area (Å²) in [4.78, 5) is 3.29. The van der Waals surface area contributed by atoms with Crippen LogP contribution in [0.5, 0.6) is 0 Å². The highest BCUT2D eigenvalue weighted by Crippen LogP contribution is 2.23. The molecule has 0 aliphatic rings. The van der Waals surface area contributed by atoms with E-state index in [4.69, 9.17) is 0 Å². The lowest BCUT2D eigenvalue weighted by atomic mass is 10.1. The minimum atomic E-state index is 0.0129. The number of H-pyrrole nitrogens is 1. The molecule has 96 valence electrons. The Bertz CT molecular complexity index is 478. The molecule has 0 bridgehead atoms. The summed E-state index contributed by atoms with van der Waals surface area (Å²) < 4.78 is 0. The summed E-state index contributed by atoms with van der Waals surface area (Å²) in [6.07, 6.45) is 0.864. The Labute approximate surface area is 108 Å². The fourth-order valence-electron chi connectivity index (χ4n) is 2.19. The second-order valence-corrected chi connectivity index (χ2v) is 4.60. The number of hydrogen-bond acceptors (Lipinski definition) is 2. The van der Waals surface area contributed by atoms with Crippen LogP contribution in [0.25, 0.3) is 0 Å². The highest BCUT2D eigenvalue weighted by Gasteiger charge is 2.18. The van der Waals surface area contributed by atoms with Crippen LogP contribution >= 0.6 is 0 Å². The van der Waals surface area contributed by atoms with Gasteiger partial charge in [0.05, 0.1) is 6.04 Å². The quantitative estimate of drug-likeness (QED) is 0.788. The number of benzene rings is 1. The van der Waals surface area contributed by atoms with E-state index >= 15 is 0 Å². The van der Waals surface area contributed by atoms with Crippen LogP contribution in [0.2, 0.25) is 0 Å². The standard InChI is InChI=1S/C15H20N2O/c1-3-15(14-10-9-12(2)16-14)17(18)11-13-7-5-4-6-8-13/h4-10,15-16,18H,3,11H2,1-2H3. The summed E-state index contributed by atoms with van der Waals surface area (Å²) in [5.74, 6) is 0. The molecule has 3 nitrogen and oxygen atoms in total. The molecule has 0 saturated heterocycles. The summed E-state index contributed by atoms with van der Waals surface area (Å²) in [6.45, 7) is 4.64. The Balaban J connectivity index is 2.08. The van der Waals surface area contributed by atoms with Crippen molar-refractivity contribution in [2.75, 3.05) is 0 Å². The first-order chi connectivity index (χ1) is 8.70. The number of aromatic nitrogens is 1. The molecule has 1 aromatic heterocycles. The molecule has 0 aliphatic heterocycles. The van der Waals surface area contributed by atoms with E-state index in [0.717, 1.165) is 23.4 Å². The van der Waals surface area contributed by atoms with Gasteiger partial charge in [-0.05, 0) is 31.0 Å². The fraction of sp³-hybridized carbons (Fsp3) is 0.333. The molecule has 1 aromatic carbocycles. The highest BCUT2D eigenvalue weighted by atomic mass is 16.5. The monoisotopic (exact) mass is 244 g/mol. The normalized spacial score (nSPS) is 12.9. The predicted molar refractivity (Wildman–Crippen MR) is 72.3 cm³/mol. The third-order valence-electron chi connectivity index (χ3n) is 3.15. The smallest absolute Gasteiger partial charge is 0.0750 e. The maximum atomic E-state index is 10.2. The number of aryl methyl sites for hydroxylation is 1. The molecule has 18 heavy (non-hydrogen) atoms. The summed E-state index contributed by atoms with van der Waals surface area (Å²) in [7, 11) is 0. The van der Waals surface area contributed by atoms with E-state index in [1.165, 1.54) is 5.06 Å². The van der Waals surface area contributed by atoms with E-state index < -0.39 is 0 Å². The highest BCUT2D eigenvalue weighted by molar-refractivity contribution is 5.17. The van der Waals surface area contributed by atoms with Crippen LogP contribution in [0.3, 0.4) is 0 Å². The molecule has 0 amide bonds. The molecule has 2 N–H and O–H groups in total. The number of rotatable bonds is 5. The lowest BCUT2D eigenvalue weighted by Gasteiger charge is -2.24. The number of nitrogens with zero attached hydrogens (tertiary/aromatic N) is 1. The van der Waals surface area contributed by atoms with Crippen molar-refractivity contribution in [2.24, 2.45) is 0 Å². The third-order valence-corrected chi connectivity index (χ3v) is 3.15. The van der Waals surface area contributed by atoms with E-state index in [9.17, 15) is 5.21 Å². The van der Waals surface area contributed by atoms with Crippen molar-refractivity contribution in [1.29, 1.82) is 0 Å². The van der Waals surface area contributed by atoms with Crippen molar-refractivity contribution in [1.82, 2.24) is 10.0 Å². The SMILES string of the molecule is CCC(c1ccc(C)[nH]1)N(O)Cc1ccccc1. The average Bonchev–Trinajstić information content (AvgIpc) is 2.78. The second-order valence-electron chi connectivity index (χ2n) is 4.60. The van der Waals surface area contributed by atoms with E-state index in [1.54, 1.807) is 0 Å². The van der Waals surface area contributed by atoms with Gasteiger partial charge in [0.1, 0.15) is 0 Å². The molecule has 0 fully saturated rings. The van der Waals surface area contributed by atoms with Gasteiger partial charge in [-0.3, -0.25) is 0 Å². The molecule has 3 heteroatoms. The van der Waals surface area contributed by atoms with E-state index in [1.807, 2.05) is 49.4 Å². The van der Waals surface area contributed by atoms with Crippen molar-refractivity contribution < 1.29 is 5.21 Å². The van der Waals surface area contributed by atoms with Crippen LogP contribution in [0.1, 0.15) is 36.3 Å². The fourth-order valence-corrected chi connectivity index (χ4v) is 2.19. The van der Waals surface area contributed by atoms with Gasteiger partial charge in [-0.2, -0.15) is 5.06 Å². The zero-order chi connectivity index (χ0) is 13.0. The van der Waals surface area contributed by atoms with Crippen molar-refractivity contribution >= 4 is 0 Å². The maximum absolute atomic E-state index is 10.2. The van der Waals surface area contributed by atoms with Gasteiger partial charge in [-0.15, -0.1) is 0 Å². The van der Waals surface area contributed by atoms with Gasteiger partial charge in [-0.25, -0.2) is 0 Å². The second kappa shape index (κ2) is 5.85. The molecule has 1 heterocycles. The largest absolute Gasteiger partial charge is 0.361 e. The van der Waals surface area contributed by atoms with Crippen molar-refractivity contribution in [3.63, 3.8) is 0 Å². The van der Waals surface area contributed by atoms with E-state index in [-0.39, 0.29) is 6.04 Å². The third kappa shape index (κ3) is 3.00. The van der Waals surface area contributed by atoms with Crippen LogP contribution in [0, 0.1) is 6.92 Å². The summed E-state index contributed by atoms with van der Waals surface area (Å²) in [5.41, 5.74) is 3.30. The molecule has 0 aliphatic carbocycles. The minimum Gasteiger partial charge on any atom is -0.361 e. The molecule has 2 rings (SSSR count). The van der Waals surface area contributed by atoms with Crippen LogP contribution < -0.4 is 0 Å². The van der Waals surface area contributed by atoms with Crippen molar-refractivity contribution in [2.45, 2.75) is 32.9 Å². The zero-order valence-electron chi connectivity index (χ0n) is 10.9. The molecular weight excluding hydrogens is 224 g/mol. The molecular formula is C15H20N2O. The Kier molecular flexibility index (Phi) is 4.18. The number of aromatic amines is 1. The summed E-state index contributed by atoms with van der Waals surface area (Å²) in [6, 6.07) is 14.1. The van der Waals surface area contributed by atoms with Crippen LogP contribution in [0.15, 0.2) is 42.5 Å². The average molecular weight is 244 g/mol. The Morgan fingerprint density at radius 1 is 1.17 bits per heavy atom. The molecule has 0 saturated carbocycles. The zero-order valence-corrected chi connectivity index (χ0v) is 10.9.